The van der Waals surface area contributed by atoms with Crippen molar-refractivity contribution in [2.75, 3.05) is 0 Å². The Hall–Kier alpha value is -1.46. The molecule has 0 fully saturated rings. The lowest BCUT2D eigenvalue weighted by atomic mass is 9.87. The molecule has 1 unspecified atom stereocenters. The minimum absolute atomic E-state index is 0. The maximum Gasteiger partial charge on any atom is 0.324 e. The second-order valence-electron chi connectivity index (χ2n) is 4.56. The zero-order chi connectivity index (χ0) is 13.8. The molecule has 0 radical (unpaired) electrons. The third-order valence-electron chi connectivity index (χ3n) is 2.96. The second kappa shape index (κ2) is 7.21. The summed E-state index contributed by atoms with van der Waals surface area (Å²) in [6.07, 6.45) is 2.09. The van der Waals surface area contributed by atoms with Crippen LogP contribution in [-0.2, 0) is 11.2 Å². The Balaban J connectivity index is 0.00000324. The Morgan fingerprint density at radius 1 is 1.32 bits per heavy atom. The standard InChI is InChI=1S/C13H19NO4.ClH/c1-2-3-6-13(14,12(17)18)8-9-4-5-10(15)11(16)7-9;/h4-5,7,15-16H,2-3,6,8,14H2,1H3,(H,17,18);1H. The van der Waals surface area contributed by atoms with E-state index in [9.17, 15) is 20.1 Å². The fraction of sp³-hybridized carbons (Fsp3) is 0.462. The van der Waals surface area contributed by atoms with Gasteiger partial charge < -0.3 is 21.1 Å². The lowest BCUT2D eigenvalue weighted by Crippen LogP contribution is -2.49. The van der Waals surface area contributed by atoms with Gasteiger partial charge in [-0.3, -0.25) is 4.79 Å². The molecule has 1 atom stereocenters. The summed E-state index contributed by atoms with van der Waals surface area (Å²) in [6.45, 7) is 1.97. The van der Waals surface area contributed by atoms with Gasteiger partial charge in [-0.15, -0.1) is 12.4 Å². The second-order valence-corrected chi connectivity index (χ2v) is 4.56. The molecule has 5 nitrogen and oxygen atoms in total. The van der Waals surface area contributed by atoms with Crippen LogP contribution in [0.4, 0.5) is 0 Å². The van der Waals surface area contributed by atoms with Crippen LogP contribution in [0.15, 0.2) is 18.2 Å². The largest absolute Gasteiger partial charge is 0.504 e. The van der Waals surface area contributed by atoms with Crippen LogP contribution in [0.3, 0.4) is 0 Å². The van der Waals surface area contributed by atoms with Gasteiger partial charge in [0.05, 0.1) is 0 Å². The summed E-state index contributed by atoms with van der Waals surface area (Å²) in [5, 5.41) is 27.8. The number of carboxylic acid groups (broad SMARTS) is 1. The van der Waals surface area contributed by atoms with Gasteiger partial charge in [0, 0.05) is 6.42 Å². The molecule has 0 saturated carbocycles. The molecule has 0 aliphatic heterocycles. The van der Waals surface area contributed by atoms with Gasteiger partial charge >= 0.3 is 5.97 Å². The number of nitrogens with two attached hydrogens (primary N) is 1. The van der Waals surface area contributed by atoms with Crippen molar-refractivity contribution in [1.82, 2.24) is 0 Å². The minimum Gasteiger partial charge on any atom is -0.504 e. The average molecular weight is 290 g/mol. The lowest BCUT2D eigenvalue weighted by molar-refractivity contribution is -0.143. The summed E-state index contributed by atoms with van der Waals surface area (Å²) in [6, 6.07) is 4.23. The first-order chi connectivity index (χ1) is 8.39. The van der Waals surface area contributed by atoms with E-state index in [1.54, 1.807) is 6.07 Å². The average Bonchev–Trinajstić information content (AvgIpc) is 2.31. The van der Waals surface area contributed by atoms with Gasteiger partial charge in [0.2, 0.25) is 0 Å². The summed E-state index contributed by atoms with van der Waals surface area (Å²) in [4.78, 5) is 11.2. The molecule has 0 saturated heterocycles. The first-order valence-electron chi connectivity index (χ1n) is 5.92. The van der Waals surface area contributed by atoms with E-state index in [2.05, 4.69) is 0 Å². The number of halogens is 1. The van der Waals surface area contributed by atoms with Crippen LogP contribution in [0.1, 0.15) is 31.7 Å². The first kappa shape index (κ1) is 17.5. The highest BCUT2D eigenvalue weighted by atomic mass is 35.5. The van der Waals surface area contributed by atoms with Crippen LogP contribution in [0.25, 0.3) is 0 Å². The Labute approximate surface area is 118 Å². The summed E-state index contributed by atoms with van der Waals surface area (Å²) >= 11 is 0. The van der Waals surface area contributed by atoms with Crippen molar-refractivity contribution in [2.45, 2.75) is 38.1 Å². The highest BCUT2D eigenvalue weighted by Crippen LogP contribution is 2.27. The molecule has 0 aliphatic rings. The fourth-order valence-corrected chi connectivity index (χ4v) is 1.81. The van der Waals surface area contributed by atoms with Crippen LogP contribution >= 0.6 is 12.4 Å². The molecule has 0 heterocycles. The van der Waals surface area contributed by atoms with Gasteiger partial charge in [-0.1, -0.05) is 25.8 Å². The van der Waals surface area contributed by atoms with Crippen LogP contribution < -0.4 is 5.73 Å². The van der Waals surface area contributed by atoms with E-state index in [1.165, 1.54) is 12.1 Å². The molecule has 1 aromatic carbocycles. The van der Waals surface area contributed by atoms with E-state index in [0.717, 1.165) is 12.8 Å². The van der Waals surface area contributed by atoms with Crippen LogP contribution in [0.2, 0.25) is 0 Å². The fourth-order valence-electron chi connectivity index (χ4n) is 1.81. The zero-order valence-electron chi connectivity index (χ0n) is 10.8. The van der Waals surface area contributed by atoms with Gasteiger partial charge in [0.25, 0.3) is 0 Å². The first-order valence-corrected chi connectivity index (χ1v) is 5.92. The molecule has 108 valence electrons. The van der Waals surface area contributed by atoms with Crippen molar-refractivity contribution in [3.8, 4) is 11.5 Å². The number of hydrogen-bond donors (Lipinski definition) is 4. The Morgan fingerprint density at radius 3 is 2.42 bits per heavy atom. The van der Waals surface area contributed by atoms with Gasteiger partial charge in [0.15, 0.2) is 11.5 Å². The van der Waals surface area contributed by atoms with Crippen LogP contribution in [0, 0.1) is 0 Å². The number of carbonyl (C=O) groups is 1. The lowest BCUT2D eigenvalue weighted by Gasteiger charge is -2.24. The molecule has 5 N–H and O–H groups in total. The van der Waals surface area contributed by atoms with Crippen molar-refractivity contribution in [1.29, 1.82) is 0 Å². The monoisotopic (exact) mass is 289 g/mol. The number of benzene rings is 1. The highest BCUT2D eigenvalue weighted by molar-refractivity contribution is 5.85. The number of aliphatic carboxylic acids is 1. The molecule has 19 heavy (non-hydrogen) atoms. The molecule has 1 aromatic rings. The highest BCUT2D eigenvalue weighted by Gasteiger charge is 2.33. The predicted octanol–water partition coefficient (Wildman–Crippen LogP) is 2.03. The normalized spacial score (nSPS) is 13.4. The Bertz CT molecular complexity index is 439. The summed E-state index contributed by atoms with van der Waals surface area (Å²) in [7, 11) is 0. The Kier molecular flexibility index (Phi) is 6.65. The number of rotatable bonds is 6. The third kappa shape index (κ3) is 4.61. The molecule has 0 amide bonds. The molecule has 0 spiro atoms. The number of phenols is 2. The molecular formula is C13H20ClNO4. The van der Waals surface area contributed by atoms with Crippen molar-refractivity contribution in [3.05, 3.63) is 23.8 Å². The summed E-state index contributed by atoms with van der Waals surface area (Å²) in [5.41, 5.74) is 5.16. The van der Waals surface area contributed by atoms with Gasteiger partial charge in [-0.25, -0.2) is 0 Å². The SMILES string of the molecule is CCCCC(N)(Cc1ccc(O)c(O)c1)C(=O)O.Cl. The maximum absolute atomic E-state index is 11.2. The predicted molar refractivity (Wildman–Crippen MR) is 74.8 cm³/mol. The van der Waals surface area contributed by atoms with Crippen molar-refractivity contribution in [3.63, 3.8) is 0 Å². The van der Waals surface area contributed by atoms with Gasteiger partial charge in [-0.05, 0) is 24.1 Å². The topological polar surface area (TPSA) is 104 Å². The molecular weight excluding hydrogens is 270 g/mol. The number of phenolic OH excluding ortho intramolecular Hbond substituents is 2. The minimum atomic E-state index is -1.33. The molecule has 1 rings (SSSR count). The molecule has 0 aromatic heterocycles. The van der Waals surface area contributed by atoms with Crippen LogP contribution in [0.5, 0.6) is 11.5 Å². The molecule has 6 heteroatoms. The van der Waals surface area contributed by atoms with E-state index in [4.69, 9.17) is 5.73 Å². The zero-order valence-corrected chi connectivity index (χ0v) is 11.6. The number of hydrogen-bond acceptors (Lipinski definition) is 4. The molecule has 0 aliphatic carbocycles. The number of carboxylic acids is 1. The number of aromatic hydroxyl groups is 2. The maximum atomic E-state index is 11.2. The quantitative estimate of drug-likeness (QED) is 0.600. The van der Waals surface area contributed by atoms with E-state index in [0.29, 0.717) is 12.0 Å². The third-order valence-corrected chi connectivity index (χ3v) is 2.96. The van der Waals surface area contributed by atoms with Crippen molar-refractivity contribution < 1.29 is 20.1 Å². The molecule has 0 bridgehead atoms. The van der Waals surface area contributed by atoms with E-state index in [1.807, 2.05) is 6.92 Å². The number of unbranched alkanes of at least 4 members (excludes halogenated alkanes) is 1. The Morgan fingerprint density at radius 2 is 1.95 bits per heavy atom. The summed E-state index contributed by atoms with van der Waals surface area (Å²) in [5.74, 6) is -1.55. The van der Waals surface area contributed by atoms with Gasteiger partial charge in [-0.2, -0.15) is 0 Å². The van der Waals surface area contributed by atoms with E-state index >= 15 is 0 Å². The van der Waals surface area contributed by atoms with E-state index in [-0.39, 0.29) is 30.3 Å². The van der Waals surface area contributed by atoms with Crippen LogP contribution in [-0.4, -0.2) is 26.8 Å². The van der Waals surface area contributed by atoms with E-state index < -0.39 is 11.5 Å². The smallest absolute Gasteiger partial charge is 0.324 e. The van der Waals surface area contributed by atoms with Gasteiger partial charge in [0.1, 0.15) is 5.54 Å². The van der Waals surface area contributed by atoms with Crippen molar-refractivity contribution >= 4 is 18.4 Å². The summed E-state index contributed by atoms with van der Waals surface area (Å²) < 4.78 is 0. The van der Waals surface area contributed by atoms with Crippen molar-refractivity contribution in [2.24, 2.45) is 5.73 Å².